The number of phenols is 1. The zero-order valence-electron chi connectivity index (χ0n) is 9.98. The van der Waals surface area contributed by atoms with Crippen molar-refractivity contribution in [3.63, 3.8) is 0 Å². The van der Waals surface area contributed by atoms with Gasteiger partial charge in [0, 0.05) is 6.92 Å². The van der Waals surface area contributed by atoms with Crippen LogP contribution in [0.15, 0.2) is 24.3 Å². The molecule has 0 saturated carbocycles. The van der Waals surface area contributed by atoms with E-state index in [1.165, 1.54) is 12.1 Å². The third-order valence-electron chi connectivity index (χ3n) is 1.36. The Morgan fingerprint density at radius 2 is 1.75 bits per heavy atom. The molecule has 7 heteroatoms. The van der Waals surface area contributed by atoms with E-state index in [9.17, 15) is 14.7 Å². The fraction of sp³-hybridized carbons (Fsp3) is 0.111. The van der Waals surface area contributed by atoms with Crippen molar-refractivity contribution in [3.8, 4) is 5.75 Å². The van der Waals surface area contributed by atoms with Gasteiger partial charge in [-0.3, -0.25) is 4.79 Å². The molecule has 0 aliphatic rings. The van der Waals surface area contributed by atoms with Crippen LogP contribution in [0.3, 0.4) is 0 Å². The van der Waals surface area contributed by atoms with Crippen molar-refractivity contribution < 1.29 is 83.2 Å². The number of aromatic hydroxyl groups is 1. The van der Waals surface area contributed by atoms with Crippen LogP contribution < -0.4 is 51.4 Å². The number of para-hydroxylation sites is 1. The number of carbonyl (C=O) groups excluding carboxylic acids is 2. The van der Waals surface area contributed by atoms with E-state index in [0.29, 0.717) is 0 Å². The fourth-order valence-electron chi connectivity index (χ4n) is 0.832. The molecule has 0 atom stereocenters. The van der Waals surface area contributed by atoms with Gasteiger partial charge >= 0.3 is 63.3 Å². The van der Waals surface area contributed by atoms with Gasteiger partial charge in [0.25, 0.3) is 0 Å². The van der Waals surface area contributed by atoms with Crippen LogP contribution in [-0.2, 0) is 9.53 Å². The molecular formula is C9H13KO6. The molecule has 0 spiro atoms. The van der Waals surface area contributed by atoms with Crippen LogP contribution in [0, 0.1) is 0 Å². The van der Waals surface area contributed by atoms with Gasteiger partial charge in [-0.25, -0.2) is 4.79 Å². The molecule has 0 radical (unpaired) electrons. The molecule has 0 saturated heterocycles. The molecule has 0 bridgehead atoms. The predicted octanol–water partition coefficient (Wildman–Crippen LogP) is -3.44. The van der Waals surface area contributed by atoms with Gasteiger partial charge in [-0.15, -0.1) is 0 Å². The second kappa shape index (κ2) is 9.91. The summed E-state index contributed by atoms with van der Waals surface area (Å²) in [5.74, 6) is -1.74. The van der Waals surface area contributed by atoms with E-state index < -0.39 is 11.9 Å². The zero-order chi connectivity index (χ0) is 9.84. The first kappa shape index (κ1) is 21.0. The van der Waals surface area contributed by atoms with Gasteiger partial charge in [-0.05, 0) is 12.1 Å². The Hall–Kier alpha value is -0.284. The summed E-state index contributed by atoms with van der Waals surface area (Å²) in [5.41, 5.74) is -0.0160. The molecule has 16 heavy (non-hydrogen) atoms. The van der Waals surface area contributed by atoms with Gasteiger partial charge < -0.3 is 22.2 Å². The van der Waals surface area contributed by atoms with Crippen molar-refractivity contribution in [3.05, 3.63) is 29.8 Å². The zero-order valence-corrected chi connectivity index (χ0v) is 12.1. The minimum atomic E-state index is -0.842. The summed E-state index contributed by atoms with van der Waals surface area (Å²) in [6, 6.07) is 5.85. The van der Waals surface area contributed by atoms with Crippen LogP contribution in [-0.4, -0.2) is 28.0 Å². The summed E-state index contributed by atoms with van der Waals surface area (Å²) < 4.78 is 4.28. The van der Waals surface area contributed by atoms with Crippen LogP contribution in [0.2, 0.25) is 0 Å². The smallest absolute Gasteiger partial charge is 1.00 e. The van der Waals surface area contributed by atoms with E-state index in [2.05, 4.69) is 4.74 Å². The van der Waals surface area contributed by atoms with Gasteiger partial charge in [0.05, 0.1) is 0 Å². The number of benzene rings is 1. The molecule has 1 aromatic rings. The monoisotopic (exact) mass is 256 g/mol. The molecule has 0 aliphatic carbocycles. The number of ether oxygens (including phenoxy) is 1. The van der Waals surface area contributed by atoms with Gasteiger partial charge in [-0.2, -0.15) is 0 Å². The molecule has 0 heterocycles. The van der Waals surface area contributed by atoms with Crippen molar-refractivity contribution in [1.82, 2.24) is 0 Å². The largest absolute Gasteiger partial charge is 1.00 e. The summed E-state index contributed by atoms with van der Waals surface area (Å²) in [6.45, 7) is 1.12. The number of hydrogen-bond acceptors (Lipinski definition) is 4. The van der Waals surface area contributed by atoms with Crippen LogP contribution in [0.4, 0.5) is 0 Å². The molecule has 1 aromatic carbocycles. The molecule has 0 aromatic heterocycles. The van der Waals surface area contributed by atoms with E-state index in [0.717, 1.165) is 6.92 Å². The minimum Gasteiger partial charge on any atom is -1.00 e. The summed E-state index contributed by atoms with van der Waals surface area (Å²) in [4.78, 5) is 21.5. The summed E-state index contributed by atoms with van der Waals surface area (Å²) in [6.07, 6.45) is 0. The van der Waals surface area contributed by atoms with Crippen molar-refractivity contribution >= 4 is 11.9 Å². The quantitative estimate of drug-likeness (QED) is 0.318. The summed E-state index contributed by atoms with van der Waals surface area (Å²) in [7, 11) is 0. The second-order valence-electron chi connectivity index (χ2n) is 2.40. The van der Waals surface area contributed by atoms with Crippen LogP contribution in [0.1, 0.15) is 18.7 Å². The average molecular weight is 256 g/mol. The molecule has 1 rings (SSSR count). The van der Waals surface area contributed by atoms with Gasteiger partial charge in [0.1, 0.15) is 11.3 Å². The number of hydrogen-bond donors (Lipinski definition) is 1. The maximum atomic E-state index is 11.1. The fourth-order valence-corrected chi connectivity index (χ4v) is 0.832. The molecule has 6 nitrogen and oxygen atoms in total. The van der Waals surface area contributed by atoms with Crippen LogP contribution in [0.5, 0.6) is 5.75 Å². The number of esters is 2. The molecule has 0 aliphatic heterocycles. The first-order valence-corrected chi connectivity index (χ1v) is 3.62. The molecule has 0 fully saturated rings. The number of carbonyl (C=O) groups is 2. The van der Waals surface area contributed by atoms with Gasteiger partial charge in [0.15, 0.2) is 0 Å². The third-order valence-corrected chi connectivity index (χ3v) is 1.36. The third kappa shape index (κ3) is 6.33. The first-order valence-electron chi connectivity index (χ1n) is 3.62. The van der Waals surface area contributed by atoms with E-state index in [4.69, 9.17) is 0 Å². The standard InChI is InChI=1S/C9H8O4.K.2H2O.H/c1-6(10)13-9(12)7-4-2-3-5-8(7)11;;;;/h2-5,11H,1H3;;2*1H2;/q;+1;;;-1. The molecule has 0 unspecified atom stereocenters. The van der Waals surface area contributed by atoms with E-state index in [1.807, 2.05) is 0 Å². The van der Waals surface area contributed by atoms with E-state index >= 15 is 0 Å². The predicted molar refractivity (Wildman–Crippen MR) is 52.5 cm³/mol. The Balaban J connectivity index is -0.000000211. The second-order valence-corrected chi connectivity index (χ2v) is 2.40. The molecule has 5 N–H and O–H groups in total. The molecule has 0 amide bonds. The van der Waals surface area contributed by atoms with Gasteiger partial charge in [-0.1, -0.05) is 12.1 Å². The topological polar surface area (TPSA) is 127 Å². The normalized spacial score (nSPS) is 7.56. The SMILES string of the molecule is CC(=O)OC(=O)c1ccccc1O.O.O.[H-].[K+]. The van der Waals surface area contributed by atoms with Crippen LogP contribution >= 0.6 is 0 Å². The Labute approximate surface area is 136 Å². The maximum Gasteiger partial charge on any atom is 1.00 e. The van der Waals surface area contributed by atoms with Crippen molar-refractivity contribution in [2.45, 2.75) is 6.92 Å². The van der Waals surface area contributed by atoms with Crippen molar-refractivity contribution in [1.29, 1.82) is 0 Å². The van der Waals surface area contributed by atoms with E-state index in [-0.39, 0.29) is 75.1 Å². The minimum absolute atomic E-state index is 0. The number of rotatable bonds is 1. The maximum absolute atomic E-state index is 11.1. The Kier molecular flexibility index (Phi) is 13.0. The first-order chi connectivity index (χ1) is 6.11. The summed E-state index contributed by atoms with van der Waals surface area (Å²) in [5, 5.41) is 9.18. The Bertz CT molecular complexity index is 357. The molecule has 86 valence electrons. The Morgan fingerprint density at radius 3 is 2.19 bits per heavy atom. The van der Waals surface area contributed by atoms with Crippen molar-refractivity contribution in [2.24, 2.45) is 0 Å². The van der Waals surface area contributed by atoms with Crippen LogP contribution in [0.25, 0.3) is 0 Å². The van der Waals surface area contributed by atoms with Crippen molar-refractivity contribution in [2.75, 3.05) is 0 Å². The summed E-state index contributed by atoms with van der Waals surface area (Å²) >= 11 is 0. The Morgan fingerprint density at radius 1 is 1.25 bits per heavy atom. The number of phenolic OH excluding ortho intramolecular Hbond substituents is 1. The van der Waals surface area contributed by atoms with E-state index in [1.54, 1.807) is 12.1 Å². The van der Waals surface area contributed by atoms with Gasteiger partial charge in [0.2, 0.25) is 0 Å². The molecular weight excluding hydrogens is 243 g/mol. The average Bonchev–Trinajstić information content (AvgIpc) is 2.03.